The van der Waals surface area contributed by atoms with Crippen molar-refractivity contribution in [2.75, 3.05) is 5.73 Å². The van der Waals surface area contributed by atoms with E-state index >= 15 is 0 Å². The Balaban J connectivity index is 1.77. The lowest BCUT2D eigenvalue weighted by atomic mass is 10.1. The van der Waals surface area contributed by atoms with Crippen molar-refractivity contribution in [2.24, 2.45) is 0 Å². The number of aliphatic hydroxyl groups is 2. The Morgan fingerprint density at radius 2 is 2.35 bits per heavy atom. The summed E-state index contributed by atoms with van der Waals surface area (Å²) < 4.78 is 7.16. The van der Waals surface area contributed by atoms with E-state index in [-0.39, 0.29) is 6.42 Å². The summed E-state index contributed by atoms with van der Waals surface area (Å²) in [5.74, 6) is 0.336. The molecule has 20 heavy (non-hydrogen) atoms. The summed E-state index contributed by atoms with van der Waals surface area (Å²) in [4.78, 5) is 3.89. The molecule has 2 aliphatic rings. The quantitative estimate of drug-likeness (QED) is 0.616. The summed E-state index contributed by atoms with van der Waals surface area (Å²) in [6.07, 6.45) is -0.231. The first-order chi connectivity index (χ1) is 9.53. The standard InChI is InChI=1S/C12H11N5O3/c13-4-12-10(18)11(12,19)3-8(20-12)6-1-2-7-9(14)15-5-16-17(6)7/h1-2,5,8,10,18-19H,3H2,(H2,14,15,16)/t8-,10?,11-,12-/m1/s1. The smallest absolute Gasteiger partial charge is 0.214 e. The maximum Gasteiger partial charge on any atom is 0.214 e. The molecule has 2 fully saturated rings. The summed E-state index contributed by atoms with van der Waals surface area (Å²) in [6.45, 7) is 0. The van der Waals surface area contributed by atoms with Crippen LogP contribution >= 0.6 is 0 Å². The molecule has 0 bridgehead atoms. The molecule has 4 N–H and O–H groups in total. The molecule has 1 saturated carbocycles. The van der Waals surface area contributed by atoms with Crippen LogP contribution < -0.4 is 5.73 Å². The lowest BCUT2D eigenvalue weighted by Gasteiger charge is -2.15. The normalized spacial score (nSPS) is 38.6. The Labute approximate surface area is 113 Å². The van der Waals surface area contributed by atoms with Crippen molar-refractivity contribution < 1.29 is 14.9 Å². The molecule has 1 unspecified atom stereocenters. The van der Waals surface area contributed by atoms with Crippen LogP contribution in [-0.4, -0.2) is 42.1 Å². The van der Waals surface area contributed by atoms with Gasteiger partial charge >= 0.3 is 0 Å². The van der Waals surface area contributed by atoms with Gasteiger partial charge in [0.05, 0.1) is 5.69 Å². The molecule has 4 atom stereocenters. The van der Waals surface area contributed by atoms with Gasteiger partial charge in [-0.05, 0) is 12.1 Å². The fourth-order valence-electron chi connectivity index (χ4n) is 3.02. The van der Waals surface area contributed by atoms with Gasteiger partial charge in [0.1, 0.15) is 35.7 Å². The summed E-state index contributed by atoms with van der Waals surface area (Å²) in [5.41, 5.74) is 4.01. The van der Waals surface area contributed by atoms with Crippen molar-refractivity contribution >= 4 is 11.3 Å². The Hall–Kier alpha value is -2.21. The molecule has 0 aromatic carbocycles. The van der Waals surface area contributed by atoms with Crippen molar-refractivity contribution in [1.82, 2.24) is 14.6 Å². The Morgan fingerprint density at radius 3 is 3.05 bits per heavy atom. The molecule has 4 rings (SSSR count). The molecule has 8 nitrogen and oxygen atoms in total. The number of nitrogens with two attached hydrogens (primary N) is 1. The zero-order valence-corrected chi connectivity index (χ0v) is 10.3. The summed E-state index contributed by atoms with van der Waals surface area (Å²) in [7, 11) is 0. The molecule has 0 spiro atoms. The molecule has 1 aliphatic heterocycles. The number of ether oxygens (including phenoxy) is 1. The molecule has 1 aliphatic carbocycles. The molecule has 2 aromatic heterocycles. The van der Waals surface area contributed by atoms with Gasteiger partial charge < -0.3 is 20.7 Å². The highest BCUT2D eigenvalue weighted by Crippen LogP contribution is 2.63. The average Bonchev–Trinajstić information content (AvgIpc) is 2.84. The third-order valence-electron chi connectivity index (χ3n) is 4.23. The van der Waals surface area contributed by atoms with Gasteiger partial charge in [-0.15, -0.1) is 0 Å². The van der Waals surface area contributed by atoms with Crippen LogP contribution in [0.4, 0.5) is 5.82 Å². The Bertz CT molecular complexity index is 768. The van der Waals surface area contributed by atoms with Gasteiger partial charge in [-0.25, -0.2) is 9.50 Å². The van der Waals surface area contributed by atoms with E-state index in [2.05, 4.69) is 10.1 Å². The number of hydrogen-bond acceptors (Lipinski definition) is 7. The van der Waals surface area contributed by atoms with Gasteiger partial charge in [0.2, 0.25) is 5.60 Å². The first-order valence-corrected chi connectivity index (χ1v) is 6.11. The SMILES string of the molecule is N#C[C@]12O[C@@H](c3ccc4c(N)ncnn34)C[C@@]1(O)C2O. The Kier molecular flexibility index (Phi) is 1.90. The van der Waals surface area contributed by atoms with Crippen molar-refractivity contribution in [3.63, 3.8) is 0 Å². The van der Waals surface area contributed by atoms with Gasteiger partial charge in [0.25, 0.3) is 0 Å². The summed E-state index contributed by atoms with van der Waals surface area (Å²) in [5, 5.41) is 33.1. The second-order valence-electron chi connectivity index (χ2n) is 5.19. The zero-order chi connectivity index (χ0) is 14.1. The molecule has 1 saturated heterocycles. The topological polar surface area (TPSA) is 130 Å². The number of nitrogen functional groups attached to an aromatic ring is 1. The van der Waals surface area contributed by atoms with Crippen LogP contribution in [0, 0.1) is 11.3 Å². The molecule has 0 radical (unpaired) electrons. The third-order valence-corrected chi connectivity index (χ3v) is 4.23. The highest BCUT2D eigenvalue weighted by Gasteiger charge is 2.84. The Morgan fingerprint density at radius 1 is 1.55 bits per heavy atom. The van der Waals surface area contributed by atoms with E-state index in [0.717, 1.165) is 0 Å². The zero-order valence-electron chi connectivity index (χ0n) is 10.3. The van der Waals surface area contributed by atoms with E-state index < -0.39 is 23.4 Å². The second kappa shape index (κ2) is 3.27. The minimum atomic E-state index is -1.53. The van der Waals surface area contributed by atoms with Crippen LogP contribution in [0.5, 0.6) is 0 Å². The van der Waals surface area contributed by atoms with Gasteiger partial charge in [0.15, 0.2) is 5.82 Å². The predicted octanol–water partition coefficient (Wildman–Crippen LogP) is -0.859. The minimum absolute atomic E-state index is 0.137. The van der Waals surface area contributed by atoms with E-state index in [0.29, 0.717) is 17.0 Å². The first kappa shape index (κ1) is 11.6. The van der Waals surface area contributed by atoms with E-state index in [1.807, 2.05) is 6.07 Å². The number of anilines is 1. The van der Waals surface area contributed by atoms with Crippen molar-refractivity contribution in [3.8, 4) is 6.07 Å². The average molecular weight is 273 g/mol. The number of hydrogen-bond donors (Lipinski definition) is 3. The predicted molar refractivity (Wildman–Crippen MR) is 65.1 cm³/mol. The fourth-order valence-corrected chi connectivity index (χ4v) is 3.02. The van der Waals surface area contributed by atoms with Gasteiger partial charge in [-0.1, -0.05) is 0 Å². The van der Waals surface area contributed by atoms with Crippen molar-refractivity contribution in [1.29, 1.82) is 5.26 Å². The summed E-state index contributed by atoms with van der Waals surface area (Å²) in [6, 6.07) is 5.38. The largest absolute Gasteiger partial charge is 0.386 e. The maximum atomic E-state index is 10.2. The van der Waals surface area contributed by atoms with Crippen LogP contribution in [-0.2, 0) is 4.74 Å². The van der Waals surface area contributed by atoms with Crippen molar-refractivity contribution in [3.05, 3.63) is 24.2 Å². The lowest BCUT2D eigenvalue weighted by Crippen LogP contribution is -2.18. The van der Waals surface area contributed by atoms with E-state index in [1.54, 1.807) is 16.6 Å². The van der Waals surface area contributed by atoms with Gasteiger partial charge in [-0.2, -0.15) is 10.4 Å². The molecule has 0 amide bonds. The molecule has 2 aromatic rings. The van der Waals surface area contributed by atoms with Crippen LogP contribution in [0.25, 0.3) is 5.52 Å². The van der Waals surface area contributed by atoms with Gasteiger partial charge in [0, 0.05) is 6.42 Å². The van der Waals surface area contributed by atoms with Crippen LogP contribution in [0.15, 0.2) is 18.5 Å². The number of nitrogens with zero attached hydrogens (tertiary/aromatic N) is 4. The van der Waals surface area contributed by atoms with Crippen molar-refractivity contribution in [2.45, 2.75) is 29.8 Å². The van der Waals surface area contributed by atoms with Gasteiger partial charge in [-0.3, -0.25) is 0 Å². The number of fused-ring (bicyclic) bond motifs is 2. The number of aromatic nitrogens is 3. The highest BCUT2D eigenvalue weighted by molar-refractivity contribution is 5.65. The maximum absolute atomic E-state index is 10.2. The van der Waals surface area contributed by atoms with E-state index in [1.165, 1.54) is 6.33 Å². The molecule has 102 valence electrons. The van der Waals surface area contributed by atoms with Crippen LogP contribution in [0.3, 0.4) is 0 Å². The number of rotatable bonds is 1. The fraction of sp³-hybridized carbons (Fsp3) is 0.417. The third kappa shape index (κ3) is 1.07. The molecule has 8 heteroatoms. The monoisotopic (exact) mass is 273 g/mol. The molecular formula is C12H11N5O3. The first-order valence-electron chi connectivity index (χ1n) is 6.11. The molecular weight excluding hydrogens is 262 g/mol. The van der Waals surface area contributed by atoms with Crippen LogP contribution in [0.1, 0.15) is 18.2 Å². The summed E-state index contributed by atoms with van der Waals surface area (Å²) >= 11 is 0. The van der Waals surface area contributed by atoms with Crippen LogP contribution in [0.2, 0.25) is 0 Å². The molecule has 3 heterocycles. The number of nitriles is 1. The van der Waals surface area contributed by atoms with E-state index in [4.69, 9.17) is 15.7 Å². The van der Waals surface area contributed by atoms with E-state index in [9.17, 15) is 10.2 Å². The lowest BCUT2D eigenvalue weighted by molar-refractivity contribution is -0.00682. The number of aliphatic hydroxyl groups excluding tert-OH is 1. The minimum Gasteiger partial charge on any atom is -0.386 e. The second-order valence-corrected chi connectivity index (χ2v) is 5.19. The highest BCUT2D eigenvalue weighted by atomic mass is 16.6.